The van der Waals surface area contributed by atoms with E-state index in [1.165, 1.54) is 6.39 Å². The van der Waals surface area contributed by atoms with Gasteiger partial charge in [-0.1, -0.05) is 0 Å². The summed E-state index contributed by atoms with van der Waals surface area (Å²) >= 11 is 0. The van der Waals surface area contributed by atoms with E-state index in [2.05, 4.69) is 10.3 Å². The van der Waals surface area contributed by atoms with Crippen LogP contribution in [0.5, 0.6) is 0 Å². The molecule has 6 nitrogen and oxygen atoms in total. The van der Waals surface area contributed by atoms with E-state index >= 15 is 0 Å². The number of aromatic nitrogens is 1. The number of nitrogens with zero attached hydrogens (tertiary/aromatic N) is 1. The zero-order chi connectivity index (χ0) is 14.0. The Hall–Kier alpha value is -2.37. The highest BCUT2D eigenvalue weighted by Gasteiger charge is 2.22. The first-order valence-electron chi connectivity index (χ1n) is 5.73. The molecule has 0 spiro atoms. The third kappa shape index (κ3) is 3.31. The molecule has 2 rings (SSSR count). The molecule has 0 aliphatic carbocycles. The summed E-state index contributed by atoms with van der Waals surface area (Å²) in [6, 6.07) is 4.90. The van der Waals surface area contributed by atoms with Crippen molar-refractivity contribution in [1.29, 1.82) is 0 Å². The number of amides is 1. The number of rotatable bonds is 1. The third-order valence-electron chi connectivity index (χ3n) is 2.17. The fourth-order valence-electron chi connectivity index (χ4n) is 1.44. The lowest BCUT2D eigenvalue weighted by Crippen LogP contribution is -2.32. The van der Waals surface area contributed by atoms with E-state index in [0.717, 1.165) is 0 Å². The Kier molecular flexibility index (Phi) is 3.25. The summed E-state index contributed by atoms with van der Waals surface area (Å²) in [6.07, 6.45) is 1.31. The number of esters is 1. The maximum Gasteiger partial charge on any atom is 0.397 e. The molecule has 0 atom stereocenters. The van der Waals surface area contributed by atoms with E-state index < -0.39 is 17.5 Å². The number of fused-ring (bicyclic) bond motifs is 1. The predicted molar refractivity (Wildman–Crippen MR) is 68.5 cm³/mol. The van der Waals surface area contributed by atoms with Crippen molar-refractivity contribution in [2.24, 2.45) is 0 Å². The van der Waals surface area contributed by atoms with Gasteiger partial charge in [-0.05, 0) is 32.9 Å². The standard InChI is InChI=1S/C13H14N2O4/c1-13(2,3)19-12(17)11(16)15-8-4-5-9-10(6-8)18-7-14-9/h4-7H,1-3H3,(H,15,16). The van der Waals surface area contributed by atoms with Crippen LogP contribution in [0.2, 0.25) is 0 Å². The molecule has 100 valence electrons. The Labute approximate surface area is 109 Å². The van der Waals surface area contributed by atoms with Gasteiger partial charge < -0.3 is 14.5 Å². The van der Waals surface area contributed by atoms with Crippen LogP contribution in [0.1, 0.15) is 20.8 Å². The minimum atomic E-state index is -0.926. The van der Waals surface area contributed by atoms with Crippen molar-refractivity contribution in [2.75, 3.05) is 5.32 Å². The van der Waals surface area contributed by atoms with Gasteiger partial charge in [0.15, 0.2) is 12.0 Å². The van der Waals surface area contributed by atoms with Gasteiger partial charge in [-0.2, -0.15) is 0 Å². The molecule has 1 heterocycles. The van der Waals surface area contributed by atoms with Gasteiger partial charge in [-0.15, -0.1) is 0 Å². The van der Waals surface area contributed by atoms with Crippen LogP contribution in [0.25, 0.3) is 11.1 Å². The monoisotopic (exact) mass is 262 g/mol. The first kappa shape index (κ1) is 13.1. The second-order valence-corrected chi connectivity index (χ2v) is 4.99. The first-order valence-corrected chi connectivity index (χ1v) is 5.73. The fraction of sp³-hybridized carbons (Fsp3) is 0.308. The molecule has 0 saturated heterocycles. The molecule has 19 heavy (non-hydrogen) atoms. The Morgan fingerprint density at radius 3 is 2.74 bits per heavy atom. The minimum Gasteiger partial charge on any atom is -0.453 e. The van der Waals surface area contributed by atoms with Gasteiger partial charge >= 0.3 is 11.9 Å². The van der Waals surface area contributed by atoms with Crippen molar-refractivity contribution in [3.8, 4) is 0 Å². The van der Waals surface area contributed by atoms with E-state index in [1.807, 2.05) is 0 Å². The van der Waals surface area contributed by atoms with Crippen LogP contribution in [-0.2, 0) is 14.3 Å². The summed E-state index contributed by atoms with van der Waals surface area (Å²) in [5, 5.41) is 2.44. The fourth-order valence-corrected chi connectivity index (χ4v) is 1.44. The number of carbonyl (C=O) groups excluding carboxylic acids is 2. The summed E-state index contributed by atoms with van der Waals surface area (Å²) < 4.78 is 10.1. The molecule has 0 bridgehead atoms. The summed E-state index contributed by atoms with van der Waals surface area (Å²) in [4.78, 5) is 27.1. The number of benzene rings is 1. The highest BCUT2D eigenvalue weighted by atomic mass is 16.6. The molecule has 0 aliphatic heterocycles. The second-order valence-electron chi connectivity index (χ2n) is 4.99. The molecule has 0 radical (unpaired) electrons. The van der Waals surface area contributed by atoms with Crippen LogP contribution in [-0.4, -0.2) is 22.5 Å². The number of hydrogen-bond donors (Lipinski definition) is 1. The number of nitrogens with one attached hydrogen (secondary N) is 1. The molecule has 1 amide bonds. The molecular weight excluding hydrogens is 248 g/mol. The van der Waals surface area contributed by atoms with Crippen LogP contribution >= 0.6 is 0 Å². The van der Waals surface area contributed by atoms with Gasteiger partial charge in [0.25, 0.3) is 0 Å². The van der Waals surface area contributed by atoms with Gasteiger partial charge in [0.2, 0.25) is 0 Å². The van der Waals surface area contributed by atoms with E-state index in [0.29, 0.717) is 16.8 Å². The largest absolute Gasteiger partial charge is 0.453 e. The zero-order valence-electron chi connectivity index (χ0n) is 10.9. The number of carbonyl (C=O) groups is 2. The van der Waals surface area contributed by atoms with Gasteiger partial charge in [0.1, 0.15) is 11.1 Å². The minimum absolute atomic E-state index is 0.445. The second kappa shape index (κ2) is 4.72. The van der Waals surface area contributed by atoms with Crippen LogP contribution in [0.4, 0.5) is 5.69 Å². The summed E-state index contributed by atoms with van der Waals surface area (Å²) in [6.45, 7) is 5.08. The molecule has 1 aromatic heterocycles. The molecule has 0 unspecified atom stereocenters. The Morgan fingerprint density at radius 2 is 2.05 bits per heavy atom. The SMILES string of the molecule is CC(C)(C)OC(=O)C(=O)Nc1ccc2ncoc2c1. The van der Waals surface area contributed by atoms with E-state index in [9.17, 15) is 9.59 Å². The van der Waals surface area contributed by atoms with Crippen LogP contribution in [0.15, 0.2) is 29.0 Å². The lowest BCUT2D eigenvalue weighted by molar-refractivity contribution is -0.161. The average molecular weight is 262 g/mol. The summed E-state index contributed by atoms with van der Waals surface area (Å²) in [7, 11) is 0. The van der Waals surface area contributed by atoms with Crippen molar-refractivity contribution in [1.82, 2.24) is 4.98 Å². The van der Waals surface area contributed by atoms with Crippen LogP contribution in [0, 0.1) is 0 Å². The molecule has 1 N–H and O–H groups in total. The van der Waals surface area contributed by atoms with Gasteiger partial charge in [0.05, 0.1) is 0 Å². The van der Waals surface area contributed by atoms with Crippen molar-refractivity contribution in [3.63, 3.8) is 0 Å². The highest BCUT2D eigenvalue weighted by Crippen LogP contribution is 2.18. The third-order valence-corrected chi connectivity index (χ3v) is 2.17. The van der Waals surface area contributed by atoms with Crippen LogP contribution in [0.3, 0.4) is 0 Å². The van der Waals surface area contributed by atoms with Crippen molar-refractivity contribution in [3.05, 3.63) is 24.6 Å². The molecule has 6 heteroatoms. The first-order chi connectivity index (χ1) is 8.85. The summed E-state index contributed by atoms with van der Waals surface area (Å²) in [5.74, 6) is -1.75. The van der Waals surface area contributed by atoms with Crippen molar-refractivity contribution < 1.29 is 18.7 Å². The molecule has 0 fully saturated rings. The number of ether oxygens (including phenoxy) is 1. The maximum absolute atomic E-state index is 11.6. The Balaban J connectivity index is 2.07. The lowest BCUT2D eigenvalue weighted by Gasteiger charge is -2.18. The molecular formula is C13H14N2O4. The van der Waals surface area contributed by atoms with E-state index in [-0.39, 0.29) is 0 Å². The van der Waals surface area contributed by atoms with Gasteiger partial charge in [-0.25, -0.2) is 9.78 Å². The number of oxazole rings is 1. The van der Waals surface area contributed by atoms with E-state index in [4.69, 9.17) is 9.15 Å². The molecule has 1 aromatic carbocycles. The van der Waals surface area contributed by atoms with Crippen molar-refractivity contribution in [2.45, 2.75) is 26.4 Å². The van der Waals surface area contributed by atoms with Gasteiger partial charge in [-0.3, -0.25) is 4.79 Å². The Morgan fingerprint density at radius 1 is 1.32 bits per heavy atom. The van der Waals surface area contributed by atoms with Gasteiger partial charge in [0, 0.05) is 11.8 Å². The molecule has 2 aromatic rings. The summed E-state index contributed by atoms with van der Waals surface area (Å²) in [5.41, 5.74) is 0.945. The average Bonchev–Trinajstić information content (AvgIpc) is 2.73. The Bertz CT molecular complexity index is 625. The predicted octanol–water partition coefficient (Wildman–Crippen LogP) is 2.11. The smallest absolute Gasteiger partial charge is 0.397 e. The highest BCUT2D eigenvalue weighted by molar-refractivity contribution is 6.37. The molecule has 0 saturated carbocycles. The normalized spacial score (nSPS) is 11.3. The lowest BCUT2D eigenvalue weighted by atomic mass is 10.2. The number of anilines is 1. The molecule has 0 aliphatic rings. The quantitative estimate of drug-likeness (QED) is 0.628. The zero-order valence-corrected chi connectivity index (χ0v) is 10.9. The van der Waals surface area contributed by atoms with Crippen molar-refractivity contribution >= 4 is 28.7 Å². The van der Waals surface area contributed by atoms with E-state index in [1.54, 1.807) is 39.0 Å². The maximum atomic E-state index is 11.6. The van der Waals surface area contributed by atoms with Crippen LogP contribution < -0.4 is 5.32 Å². The number of hydrogen-bond acceptors (Lipinski definition) is 5. The topological polar surface area (TPSA) is 81.4 Å².